The van der Waals surface area contributed by atoms with Gasteiger partial charge >= 0.3 is 0 Å². The highest BCUT2D eigenvalue weighted by molar-refractivity contribution is 4.82. The summed E-state index contributed by atoms with van der Waals surface area (Å²) in [6.45, 7) is 2.08. The summed E-state index contributed by atoms with van der Waals surface area (Å²) in [6.07, 6.45) is 2.24. The lowest BCUT2D eigenvalue weighted by molar-refractivity contribution is -0.862. The van der Waals surface area contributed by atoms with Gasteiger partial charge in [-0.05, 0) is 12.8 Å². The van der Waals surface area contributed by atoms with Crippen molar-refractivity contribution in [3.63, 3.8) is 0 Å². The lowest BCUT2D eigenvalue weighted by Gasteiger charge is -2.28. The molecule has 1 aliphatic heterocycles. The average Bonchev–Trinajstić information content (AvgIpc) is 1.88. The first-order valence-corrected chi connectivity index (χ1v) is 3.39. The van der Waals surface area contributed by atoms with Crippen LogP contribution in [0.3, 0.4) is 0 Å². The topological polar surface area (TPSA) is 28.2 Å². The first-order chi connectivity index (χ1) is 4.33. The summed E-state index contributed by atoms with van der Waals surface area (Å²) >= 11 is 0. The second-order valence-corrected chi connectivity index (χ2v) is 2.67. The van der Waals surface area contributed by atoms with Crippen molar-refractivity contribution in [2.24, 2.45) is 5.92 Å². The fourth-order valence-electron chi connectivity index (χ4n) is 1.26. The van der Waals surface area contributed by atoms with E-state index in [1.807, 2.05) is 0 Å². The summed E-state index contributed by atoms with van der Waals surface area (Å²) in [4.78, 5) is 1.26. The summed E-state index contributed by atoms with van der Waals surface area (Å²) in [6, 6.07) is 2.27. The molecule has 1 aliphatic rings. The van der Waals surface area contributed by atoms with Gasteiger partial charge in [0.15, 0.2) is 0 Å². The summed E-state index contributed by atoms with van der Waals surface area (Å²) in [7, 11) is 3.86. The summed E-state index contributed by atoms with van der Waals surface area (Å²) in [5, 5.41) is 8.52. The van der Waals surface area contributed by atoms with Gasteiger partial charge in [0.1, 0.15) is 0 Å². The molecule has 0 aromatic heterocycles. The van der Waals surface area contributed by atoms with Crippen molar-refractivity contribution in [2.45, 2.75) is 12.8 Å². The fourth-order valence-corrected chi connectivity index (χ4v) is 1.26. The van der Waals surface area contributed by atoms with Gasteiger partial charge in [0.2, 0.25) is 0 Å². The van der Waals surface area contributed by atoms with Crippen LogP contribution in [0.2, 0.25) is 0 Å². The lowest BCUT2D eigenvalue weighted by Crippen LogP contribution is -3.08. The van der Waals surface area contributed by atoms with Gasteiger partial charge in [0.05, 0.1) is 25.1 Å². The monoisotopic (exact) mass is 124 g/mol. The van der Waals surface area contributed by atoms with E-state index in [9.17, 15) is 0 Å². The molecule has 0 bridgehead atoms. The zero-order chi connectivity index (χ0) is 6.69. The number of likely N-dealkylation sites (tertiary alicyclic amines) is 1. The molecule has 0 aromatic carbocycles. The van der Waals surface area contributed by atoms with E-state index in [0.29, 0.717) is 0 Å². The normalized spacial score (nSPS) is 35.6. The maximum atomic E-state index is 8.52. The maximum absolute atomic E-state index is 8.52. The van der Waals surface area contributed by atoms with Crippen molar-refractivity contribution < 1.29 is 4.90 Å². The summed E-state index contributed by atoms with van der Waals surface area (Å²) < 4.78 is 0. The highest BCUT2D eigenvalue weighted by Crippen LogP contribution is 2.04. The summed E-state index contributed by atoms with van der Waals surface area (Å²) in [5.41, 5.74) is 0. The number of hydrogen-bond donors (Lipinski definition) is 1. The van der Waals surface area contributed by atoms with E-state index < -0.39 is 0 Å². The highest BCUT2D eigenvalue weighted by atomic mass is 15.1. The van der Waals surface area contributed by atoms with Gasteiger partial charge in [-0.1, -0.05) is 0 Å². The fraction of sp³-hybridized carbons (Fsp3) is 0.714. The Hall–Kier alpha value is -0.550. The molecule has 0 aromatic rings. The number of nitrogens with one attached hydrogen (secondary N) is 1. The summed E-state index contributed by atoms with van der Waals surface area (Å²) in [5.74, 6) is 0.270. The van der Waals surface area contributed by atoms with Crippen molar-refractivity contribution in [1.29, 1.82) is 5.26 Å². The van der Waals surface area contributed by atoms with E-state index in [1.165, 1.54) is 4.90 Å². The minimum absolute atomic E-state index is 0.270. The van der Waals surface area contributed by atoms with Gasteiger partial charge in [-0.2, -0.15) is 12.3 Å². The minimum atomic E-state index is 0.270. The van der Waals surface area contributed by atoms with Gasteiger partial charge in [-0.25, -0.2) is 0 Å². The molecule has 2 unspecified atom stereocenters. The maximum Gasteiger partial charge on any atom is 0.0933 e. The smallest absolute Gasteiger partial charge is 0.0933 e. The molecule has 2 heteroatoms. The first-order valence-electron chi connectivity index (χ1n) is 3.39. The molecule has 2 nitrogen and oxygen atoms in total. The Balaban J connectivity index is 2.34. The molecule has 0 aliphatic carbocycles. The van der Waals surface area contributed by atoms with Crippen LogP contribution in [0.5, 0.6) is 0 Å². The third-order valence-electron chi connectivity index (χ3n) is 1.80. The molecule has 0 amide bonds. The number of quaternary nitrogens is 1. The number of hydrogen-bond acceptors (Lipinski definition) is 1. The van der Waals surface area contributed by atoms with Gasteiger partial charge < -0.3 is 4.90 Å². The van der Waals surface area contributed by atoms with Crippen LogP contribution in [-0.4, -0.2) is 13.1 Å². The minimum Gasteiger partial charge on any atom is -0.467 e. The molecule has 50 valence electrons. The van der Waals surface area contributed by atoms with E-state index >= 15 is 0 Å². The SMILES string of the molecule is [CH2-][NH+]1CCCC(C#N)C1. The van der Waals surface area contributed by atoms with E-state index in [0.717, 1.165) is 25.9 Å². The Bertz CT molecular complexity index is 125. The molecule has 1 rings (SSSR count). The first kappa shape index (κ1) is 6.57. The predicted molar refractivity (Wildman–Crippen MR) is 34.4 cm³/mol. The van der Waals surface area contributed by atoms with E-state index in [2.05, 4.69) is 13.1 Å². The van der Waals surface area contributed by atoms with Crippen molar-refractivity contribution in [3.8, 4) is 6.07 Å². The number of piperidine rings is 1. The Labute approximate surface area is 56.1 Å². The van der Waals surface area contributed by atoms with Gasteiger partial charge in [-0.3, -0.25) is 0 Å². The highest BCUT2D eigenvalue weighted by Gasteiger charge is 2.15. The molecule has 9 heavy (non-hydrogen) atoms. The van der Waals surface area contributed by atoms with Crippen LogP contribution >= 0.6 is 0 Å². The standard InChI is InChI=1S/C7H12N2/c1-9-4-2-3-7(5-8)6-9/h7,9H,1-4,6H2. The molecule has 0 radical (unpaired) electrons. The van der Waals surface area contributed by atoms with E-state index in [-0.39, 0.29) is 5.92 Å². The predicted octanol–water partition coefficient (Wildman–Crippen LogP) is -0.404. The van der Waals surface area contributed by atoms with Crippen LogP contribution in [-0.2, 0) is 0 Å². The van der Waals surface area contributed by atoms with Gasteiger partial charge in [-0.15, -0.1) is 0 Å². The Morgan fingerprint density at radius 3 is 2.89 bits per heavy atom. The largest absolute Gasteiger partial charge is 0.467 e. The number of rotatable bonds is 0. The average molecular weight is 124 g/mol. The Morgan fingerprint density at radius 2 is 2.44 bits per heavy atom. The van der Waals surface area contributed by atoms with Crippen LogP contribution < -0.4 is 4.90 Å². The molecular weight excluding hydrogens is 112 g/mol. The van der Waals surface area contributed by atoms with Crippen LogP contribution in [0.4, 0.5) is 0 Å². The van der Waals surface area contributed by atoms with Gasteiger partial charge in [0, 0.05) is 0 Å². The van der Waals surface area contributed by atoms with Crippen molar-refractivity contribution in [2.75, 3.05) is 13.1 Å². The molecule has 1 heterocycles. The van der Waals surface area contributed by atoms with Crippen molar-refractivity contribution >= 4 is 0 Å². The van der Waals surface area contributed by atoms with E-state index in [4.69, 9.17) is 5.26 Å². The van der Waals surface area contributed by atoms with Crippen molar-refractivity contribution in [3.05, 3.63) is 7.05 Å². The lowest BCUT2D eigenvalue weighted by atomic mass is 10.0. The molecular formula is C7H12N2. The molecule has 2 atom stereocenters. The second-order valence-electron chi connectivity index (χ2n) is 2.67. The quantitative estimate of drug-likeness (QED) is 0.437. The molecule has 0 saturated carbocycles. The third kappa shape index (κ3) is 1.69. The molecule has 0 spiro atoms. The Morgan fingerprint density at radius 1 is 1.67 bits per heavy atom. The van der Waals surface area contributed by atoms with Crippen LogP contribution in [0.15, 0.2) is 0 Å². The Kier molecular flexibility index (Phi) is 2.07. The van der Waals surface area contributed by atoms with Crippen molar-refractivity contribution in [1.82, 2.24) is 0 Å². The number of nitrogens with zero attached hydrogens (tertiary/aromatic N) is 1. The zero-order valence-electron chi connectivity index (χ0n) is 5.56. The molecule has 1 fully saturated rings. The van der Waals surface area contributed by atoms with E-state index in [1.54, 1.807) is 0 Å². The second kappa shape index (κ2) is 2.84. The van der Waals surface area contributed by atoms with Crippen LogP contribution in [0, 0.1) is 24.3 Å². The van der Waals surface area contributed by atoms with Crippen LogP contribution in [0.1, 0.15) is 12.8 Å². The third-order valence-corrected chi connectivity index (χ3v) is 1.80. The molecule has 1 N–H and O–H groups in total. The van der Waals surface area contributed by atoms with Gasteiger partial charge in [0.25, 0.3) is 0 Å². The zero-order valence-corrected chi connectivity index (χ0v) is 5.56. The number of nitriles is 1. The van der Waals surface area contributed by atoms with Crippen LogP contribution in [0.25, 0.3) is 0 Å². The molecule has 1 saturated heterocycles.